The molecule has 0 spiro atoms. The highest BCUT2D eigenvalue weighted by atomic mass is 79.9. The molecule has 0 amide bonds. The van der Waals surface area contributed by atoms with Crippen LogP contribution in [0.1, 0.15) is 10.5 Å². The van der Waals surface area contributed by atoms with E-state index in [4.69, 9.17) is 9.52 Å². The van der Waals surface area contributed by atoms with Crippen molar-refractivity contribution >= 4 is 33.0 Å². The Morgan fingerprint density at radius 1 is 1.54 bits per heavy atom. The second-order valence-electron chi connectivity index (χ2n) is 2.44. The van der Waals surface area contributed by atoms with Crippen LogP contribution in [0.3, 0.4) is 0 Å². The average Bonchev–Trinajstić information content (AvgIpc) is 2.42. The van der Waals surface area contributed by atoms with Gasteiger partial charge in [-0.3, -0.25) is 0 Å². The summed E-state index contributed by atoms with van der Waals surface area (Å²) in [6, 6.07) is 4.61. The molecular weight excluding hydrogens is 238 g/mol. The van der Waals surface area contributed by atoms with Crippen molar-refractivity contribution in [1.82, 2.24) is 4.98 Å². The van der Waals surface area contributed by atoms with Gasteiger partial charge in [-0.15, -0.1) is 0 Å². The number of hydrogen-bond acceptors (Lipinski definition) is 3. The summed E-state index contributed by atoms with van der Waals surface area (Å²) in [6.45, 7) is 0. The third-order valence-electron chi connectivity index (χ3n) is 1.56. The maximum Gasteiger partial charge on any atom is 0.354 e. The van der Waals surface area contributed by atoms with Crippen LogP contribution in [0.5, 0.6) is 0 Å². The Morgan fingerprint density at radius 3 is 3.00 bits per heavy atom. The van der Waals surface area contributed by atoms with Crippen LogP contribution in [0.2, 0.25) is 0 Å². The van der Waals surface area contributed by atoms with Crippen LogP contribution in [0.4, 0.5) is 0 Å². The smallest absolute Gasteiger partial charge is 0.354 e. The number of pyridine rings is 1. The number of nitrogens with zero attached hydrogens (tertiary/aromatic N) is 1. The number of aromatic carboxylic acids is 1. The molecule has 0 aliphatic carbocycles. The molecule has 2 aromatic heterocycles. The minimum atomic E-state index is -1.04. The number of carboxylic acids is 1. The van der Waals surface area contributed by atoms with Gasteiger partial charge in [0.25, 0.3) is 0 Å². The summed E-state index contributed by atoms with van der Waals surface area (Å²) >= 11 is 3.13. The van der Waals surface area contributed by atoms with Crippen molar-refractivity contribution in [2.45, 2.75) is 0 Å². The predicted molar refractivity (Wildman–Crippen MR) is 48.7 cm³/mol. The molecule has 2 rings (SSSR count). The van der Waals surface area contributed by atoms with Crippen molar-refractivity contribution in [3.8, 4) is 0 Å². The lowest BCUT2D eigenvalue weighted by Gasteiger charge is -1.91. The Balaban J connectivity index is 2.67. The summed E-state index contributed by atoms with van der Waals surface area (Å²) in [4.78, 5) is 14.4. The van der Waals surface area contributed by atoms with E-state index in [2.05, 4.69) is 20.9 Å². The number of hydrogen-bond donors (Lipinski definition) is 1. The lowest BCUT2D eigenvalue weighted by Crippen LogP contribution is -1.98. The molecule has 13 heavy (non-hydrogen) atoms. The van der Waals surface area contributed by atoms with Gasteiger partial charge in [0.05, 0.1) is 0 Å². The largest absolute Gasteiger partial charge is 0.477 e. The van der Waals surface area contributed by atoms with E-state index in [0.29, 0.717) is 15.8 Å². The number of halogens is 1. The van der Waals surface area contributed by atoms with Crippen LogP contribution in [0.15, 0.2) is 27.3 Å². The second kappa shape index (κ2) is 2.85. The molecule has 0 aliphatic rings. The molecule has 0 aliphatic heterocycles. The minimum Gasteiger partial charge on any atom is -0.477 e. The number of rotatable bonds is 1. The van der Waals surface area contributed by atoms with E-state index < -0.39 is 5.97 Å². The van der Waals surface area contributed by atoms with Crippen molar-refractivity contribution in [3.63, 3.8) is 0 Å². The van der Waals surface area contributed by atoms with Gasteiger partial charge in [-0.2, -0.15) is 0 Å². The van der Waals surface area contributed by atoms with E-state index in [-0.39, 0.29) is 5.69 Å². The van der Waals surface area contributed by atoms with Crippen LogP contribution in [-0.2, 0) is 0 Å². The van der Waals surface area contributed by atoms with Gasteiger partial charge in [0.15, 0.2) is 10.3 Å². The molecule has 0 unspecified atom stereocenters. The predicted octanol–water partition coefficient (Wildman–Crippen LogP) is 2.29. The van der Waals surface area contributed by atoms with Gasteiger partial charge in [0.2, 0.25) is 0 Å². The Bertz CT molecular complexity index is 477. The first-order chi connectivity index (χ1) is 6.16. The van der Waals surface area contributed by atoms with Gasteiger partial charge in [-0.1, -0.05) is 0 Å². The number of aromatic nitrogens is 1. The summed E-state index contributed by atoms with van der Waals surface area (Å²) in [5.74, 6) is -1.04. The van der Waals surface area contributed by atoms with Crippen LogP contribution in [0.25, 0.3) is 11.1 Å². The van der Waals surface area contributed by atoms with E-state index in [1.807, 2.05) is 0 Å². The van der Waals surface area contributed by atoms with Gasteiger partial charge in [-0.25, -0.2) is 9.78 Å². The molecule has 0 fully saturated rings. The van der Waals surface area contributed by atoms with Gasteiger partial charge < -0.3 is 9.52 Å². The summed E-state index contributed by atoms with van der Waals surface area (Å²) in [6.07, 6.45) is 0. The van der Waals surface area contributed by atoms with Crippen LogP contribution in [-0.4, -0.2) is 16.1 Å². The lowest BCUT2D eigenvalue weighted by molar-refractivity contribution is 0.0691. The second-order valence-corrected chi connectivity index (χ2v) is 3.22. The molecule has 0 atom stereocenters. The molecular formula is C8H4BrNO3. The molecule has 0 saturated carbocycles. The molecule has 0 bridgehead atoms. The van der Waals surface area contributed by atoms with Gasteiger partial charge in [-0.05, 0) is 28.1 Å². The van der Waals surface area contributed by atoms with Crippen LogP contribution in [0, 0.1) is 0 Å². The Labute approximate surface area is 81.3 Å². The zero-order chi connectivity index (χ0) is 9.42. The van der Waals surface area contributed by atoms with Gasteiger partial charge >= 0.3 is 5.97 Å². The van der Waals surface area contributed by atoms with Crippen LogP contribution < -0.4 is 0 Å². The highest BCUT2D eigenvalue weighted by molar-refractivity contribution is 9.10. The van der Waals surface area contributed by atoms with Crippen molar-refractivity contribution in [2.24, 2.45) is 0 Å². The third-order valence-corrected chi connectivity index (χ3v) is 1.95. The van der Waals surface area contributed by atoms with E-state index in [9.17, 15) is 4.79 Å². The first kappa shape index (κ1) is 8.25. The zero-order valence-electron chi connectivity index (χ0n) is 6.32. The first-order valence-electron chi connectivity index (χ1n) is 3.46. The molecule has 2 aromatic rings. The summed E-state index contributed by atoms with van der Waals surface area (Å²) in [7, 11) is 0. The quantitative estimate of drug-likeness (QED) is 0.833. The Hall–Kier alpha value is -1.36. The topological polar surface area (TPSA) is 63.3 Å². The normalized spacial score (nSPS) is 10.5. The standard InChI is InChI=1S/C8H4BrNO3/c9-7-3-5-6(13-7)2-1-4(10-5)8(11)12/h1-3H,(H,11,12). The molecule has 2 heterocycles. The zero-order valence-corrected chi connectivity index (χ0v) is 7.91. The lowest BCUT2D eigenvalue weighted by atomic mass is 10.3. The highest BCUT2D eigenvalue weighted by Crippen LogP contribution is 2.21. The minimum absolute atomic E-state index is 0.0146. The van der Waals surface area contributed by atoms with Gasteiger partial charge in [0.1, 0.15) is 11.2 Å². The summed E-state index contributed by atoms with van der Waals surface area (Å²) in [5, 5.41) is 8.65. The van der Waals surface area contributed by atoms with Gasteiger partial charge in [0, 0.05) is 6.07 Å². The third kappa shape index (κ3) is 1.42. The SMILES string of the molecule is O=C(O)c1ccc2oc(Br)cc2n1. The van der Waals surface area contributed by atoms with E-state index in [0.717, 1.165) is 0 Å². The number of carbonyl (C=O) groups is 1. The number of furan rings is 1. The maximum absolute atomic E-state index is 10.5. The molecule has 0 saturated heterocycles. The number of carboxylic acid groups (broad SMARTS) is 1. The molecule has 0 aromatic carbocycles. The fraction of sp³-hybridized carbons (Fsp3) is 0. The van der Waals surface area contributed by atoms with E-state index in [1.54, 1.807) is 12.1 Å². The Kier molecular flexibility index (Phi) is 1.81. The summed E-state index contributed by atoms with van der Waals surface area (Å²) < 4.78 is 5.70. The average molecular weight is 242 g/mol. The van der Waals surface area contributed by atoms with Crippen molar-refractivity contribution in [1.29, 1.82) is 0 Å². The van der Waals surface area contributed by atoms with E-state index >= 15 is 0 Å². The molecule has 0 radical (unpaired) electrons. The molecule has 1 N–H and O–H groups in total. The first-order valence-corrected chi connectivity index (χ1v) is 4.25. The molecule has 4 nitrogen and oxygen atoms in total. The van der Waals surface area contributed by atoms with Crippen molar-refractivity contribution in [2.75, 3.05) is 0 Å². The van der Waals surface area contributed by atoms with Crippen LogP contribution >= 0.6 is 15.9 Å². The maximum atomic E-state index is 10.5. The molecule has 5 heteroatoms. The van der Waals surface area contributed by atoms with Crippen molar-refractivity contribution in [3.05, 3.63) is 28.6 Å². The molecule has 66 valence electrons. The van der Waals surface area contributed by atoms with E-state index in [1.165, 1.54) is 6.07 Å². The fourth-order valence-electron chi connectivity index (χ4n) is 1.01. The highest BCUT2D eigenvalue weighted by Gasteiger charge is 2.08. The summed E-state index contributed by atoms with van der Waals surface area (Å²) in [5.41, 5.74) is 1.12. The van der Waals surface area contributed by atoms with Crippen molar-refractivity contribution < 1.29 is 14.3 Å². The Morgan fingerprint density at radius 2 is 2.31 bits per heavy atom. The fourth-order valence-corrected chi connectivity index (χ4v) is 1.40. The number of fused-ring (bicyclic) bond motifs is 1. The monoisotopic (exact) mass is 241 g/mol.